The molecule has 27 heavy (non-hydrogen) atoms. The zero-order chi connectivity index (χ0) is 19.1. The number of hydrogen-bond donors (Lipinski definition) is 4. The summed E-state index contributed by atoms with van der Waals surface area (Å²) in [7, 11) is 0. The Hall–Kier alpha value is -3.05. The van der Waals surface area contributed by atoms with E-state index in [2.05, 4.69) is 5.32 Å². The lowest BCUT2D eigenvalue weighted by atomic mass is 9.99. The Morgan fingerprint density at radius 1 is 1.07 bits per heavy atom. The van der Waals surface area contributed by atoms with E-state index in [9.17, 15) is 9.90 Å². The third kappa shape index (κ3) is 6.01. The molecule has 0 saturated carbocycles. The Labute approximate surface area is 165 Å². The van der Waals surface area contributed by atoms with E-state index in [4.69, 9.17) is 11.1 Å². The van der Waals surface area contributed by atoms with Gasteiger partial charge in [-0.05, 0) is 73.0 Å². The van der Waals surface area contributed by atoms with Crippen LogP contribution < -0.4 is 11.1 Å². The minimum Gasteiger partial charge on any atom is -0.479 e. The van der Waals surface area contributed by atoms with E-state index in [0.717, 1.165) is 11.1 Å². The molecule has 0 saturated heterocycles. The molecule has 2 aromatic rings. The molecule has 0 bridgehead atoms. The quantitative estimate of drug-likeness (QED) is 0.410. The highest BCUT2D eigenvalue weighted by Gasteiger charge is 2.20. The van der Waals surface area contributed by atoms with Gasteiger partial charge in [-0.2, -0.15) is 0 Å². The highest BCUT2D eigenvalue weighted by molar-refractivity contribution is 5.95. The van der Waals surface area contributed by atoms with Crippen molar-refractivity contribution in [1.29, 1.82) is 5.41 Å². The van der Waals surface area contributed by atoms with Crippen LogP contribution in [0.3, 0.4) is 0 Å². The first-order chi connectivity index (χ1) is 12.4. The summed E-state index contributed by atoms with van der Waals surface area (Å²) >= 11 is 0. The molecule has 0 fully saturated rings. The van der Waals surface area contributed by atoms with Gasteiger partial charge in [-0.25, -0.2) is 4.79 Å². The van der Waals surface area contributed by atoms with Crippen LogP contribution in [0.2, 0.25) is 0 Å². The van der Waals surface area contributed by atoms with Crippen molar-refractivity contribution in [3.8, 4) is 0 Å². The molecular weight excluding hydrogens is 362 g/mol. The Kier molecular flexibility index (Phi) is 8.30. The van der Waals surface area contributed by atoms with Crippen molar-refractivity contribution in [3.05, 3.63) is 76.9 Å². The monoisotopic (exact) mass is 385 g/mol. The van der Waals surface area contributed by atoms with Crippen LogP contribution in [0.25, 0.3) is 12.2 Å². The molecule has 0 aromatic heterocycles. The van der Waals surface area contributed by atoms with Crippen LogP contribution in [0.15, 0.2) is 54.6 Å². The average Bonchev–Trinajstić information content (AvgIpc) is 2.60. The topological polar surface area (TPSA) is 99.2 Å². The molecule has 0 aliphatic carbocycles. The molecule has 2 aromatic carbocycles. The van der Waals surface area contributed by atoms with E-state index in [1.54, 1.807) is 24.3 Å². The molecule has 0 radical (unpaired) electrons. The molecule has 5 nitrogen and oxygen atoms in total. The van der Waals surface area contributed by atoms with Gasteiger partial charge in [0.2, 0.25) is 0 Å². The average molecular weight is 386 g/mol. The number of carboxylic acid groups (broad SMARTS) is 1. The summed E-state index contributed by atoms with van der Waals surface area (Å²) in [5.41, 5.74) is 9.24. The zero-order valence-corrected chi connectivity index (χ0v) is 16.1. The molecule has 0 amide bonds. The van der Waals surface area contributed by atoms with Gasteiger partial charge in [-0.1, -0.05) is 24.3 Å². The van der Waals surface area contributed by atoms with Crippen molar-refractivity contribution >= 4 is 42.1 Å². The van der Waals surface area contributed by atoms with Crippen LogP contribution in [0.5, 0.6) is 0 Å². The molecule has 0 spiro atoms. The molecule has 0 aliphatic heterocycles. The van der Waals surface area contributed by atoms with Gasteiger partial charge in [0.15, 0.2) is 6.04 Å². The highest BCUT2D eigenvalue weighted by Crippen LogP contribution is 2.24. The number of benzene rings is 2. The number of nitrogens with two attached hydrogens (primary N) is 1. The molecular formula is C21H24ClN3O2. The van der Waals surface area contributed by atoms with Gasteiger partial charge in [0, 0.05) is 11.3 Å². The van der Waals surface area contributed by atoms with E-state index < -0.39 is 12.0 Å². The summed E-state index contributed by atoms with van der Waals surface area (Å²) in [4.78, 5) is 11.9. The third-order valence-electron chi connectivity index (χ3n) is 3.81. The first-order valence-electron chi connectivity index (χ1n) is 8.28. The van der Waals surface area contributed by atoms with E-state index in [0.29, 0.717) is 16.8 Å². The van der Waals surface area contributed by atoms with Gasteiger partial charge in [0.1, 0.15) is 5.84 Å². The van der Waals surface area contributed by atoms with Gasteiger partial charge in [-0.3, -0.25) is 5.41 Å². The number of carbonyl (C=O) groups is 1. The largest absolute Gasteiger partial charge is 0.479 e. The molecule has 0 aliphatic rings. The van der Waals surface area contributed by atoms with Gasteiger partial charge in [0.05, 0.1) is 0 Å². The van der Waals surface area contributed by atoms with Crippen molar-refractivity contribution in [2.45, 2.75) is 19.9 Å². The highest BCUT2D eigenvalue weighted by atomic mass is 35.5. The van der Waals surface area contributed by atoms with Gasteiger partial charge < -0.3 is 16.2 Å². The number of rotatable bonds is 7. The maximum atomic E-state index is 11.9. The number of anilines is 1. The summed E-state index contributed by atoms with van der Waals surface area (Å²) in [5, 5.41) is 20.2. The molecule has 6 heteroatoms. The van der Waals surface area contributed by atoms with Crippen LogP contribution in [0, 0.1) is 5.41 Å². The van der Waals surface area contributed by atoms with Crippen molar-refractivity contribution in [2.24, 2.45) is 5.73 Å². The second kappa shape index (κ2) is 10.2. The summed E-state index contributed by atoms with van der Waals surface area (Å²) in [5.74, 6) is -0.994. The van der Waals surface area contributed by atoms with Crippen molar-refractivity contribution < 1.29 is 9.90 Å². The van der Waals surface area contributed by atoms with Crippen molar-refractivity contribution in [3.63, 3.8) is 0 Å². The minimum atomic E-state index is -0.968. The number of nitrogen functional groups attached to an aromatic ring is 1. The zero-order valence-electron chi connectivity index (χ0n) is 15.3. The summed E-state index contributed by atoms with van der Waals surface area (Å²) in [6, 6.07) is 11.6. The van der Waals surface area contributed by atoms with Crippen LogP contribution in [-0.2, 0) is 4.79 Å². The van der Waals surface area contributed by atoms with E-state index in [1.807, 2.05) is 56.4 Å². The SMILES string of the molecule is CC=Cc1cc(C=CC)cc(C(Nc2ccc(C(=N)N)cc2)C(=O)O)c1.Cl. The predicted octanol–water partition coefficient (Wildman–Crippen LogP) is 4.70. The number of halogens is 1. The lowest BCUT2D eigenvalue weighted by molar-refractivity contribution is -0.138. The normalized spacial score (nSPS) is 11.9. The summed E-state index contributed by atoms with van der Waals surface area (Å²) < 4.78 is 0. The van der Waals surface area contributed by atoms with E-state index >= 15 is 0 Å². The molecule has 142 valence electrons. The maximum absolute atomic E-state index is 11.9. The van der Waals surface area contributed by atoms with Crippen molar-refractivity contribution in [2.75, 3.05) is 5.32 Å². The Bertz CT molecular complexity index is 828. The van der Waals surface area contributed by atoms with Crippen molar-refractivity contribution in [1.82, 2.24) is 0 Å². The summed E-state index contributed by atoms with van der Waals surface area (Å²) in [6.07, 6.45) is 7.72. The Morgan fingerprint density at radius 3 is 2.00 bits per heavy atom. The molecule has 5 N–H and O–H groups in total. The molecule has 1 unspecified atom stereocenters. The Balaban J connectivity index is 0.00000364. The first-order valence-corrected chi connectivity index (χ1v) is 8.28. The molecule has 0 heterocycles. The first kappa shape index (κ1) is 22.0. The fraction of sp³-hybridized carbons (Fsp3) is 0.143. The predicted molar refractivity (Wildman–Crippen MR) is 115 cm³/mol. The van der Waals surface area contributed by atoms with E-state index in [-0.39, 0.29) is 18.2 Å². The number of allylic oxidation sites excluding steroid dienone is 2. The molecule has 2 rings (SSSR count). The van der Waals surface area contributed by atoms with Gasteiger partial charge in [-0.15, -0.1) is 12.4 Å². The molecule has 1 atom stereocenters. The standard InChI is InChI=1S/C21H23N3O2.ClH/c1-3-5-14-11-15(6-4-2)13-17(12-14)19(21(25)26)24-18-9-7-16(8-10-18)20(22)23;/h3-13,19,24H,1-2H3,(H3,22,23)(H,25,26);1H. The fourth-order valence-electron chi connectivity index (χ4n) is 2.65. The second-order valence-corrected chi connectivity index (χ2v) is 5.84. The number of aliphatic carboxylic acids is 1. The number of carboxylic acids is 1. The number of hydrogen-bond acceptors (Lipinski definition) is 3. The third-order valence-corrected chi connectivity index (χ3v) is 3.81. The summed E-state index contributed by atoms with van der Waals surface area (Å²) in [6.45, 7) is 3.84. The second-order valence-electron chi connectivity index (χ2n) is 5.84. The van der Waals surface area contributed by atoms with Gasteiger partial charge >= 0.3 is 5.97 Å². The smallest absolute Gasteiger partial charge is 0.330 e. The van der Waals surface area contributed by atoms with Crippen LogP contribution in [0.4, 0.5) is 5.69 Å². The number of nitrogens with one attached hydrogen (secondary N) is 2. The maximum Gasteiger partial charge on any atom is 0.330 e. The van der Waals surface area contributed by atoms with Crippen LogP contribution >= 0.6 is 12.4 Å². The van der Waals surface area contributed by atoms with Crippen LogP contribution in [-0.4, -0.2) is 16.9 Å². The van der Waals surface area contributed by atoms with E-state index in [1.165, 1.54) is 0 Å². The van der Waals surface area contributed by atoms with Gasteiger partial charge in [0.25, 0.3) is 0 Å². The lowest BCUT2D eigenvalue weighted by Crippen LogP contribution is -2.21. The van der Waals surface area contributed by atoms with Crippen LogP contribution in [0.1, 0.15) is 42.1 Å². The number of amidine groups is 1. The lowest BCUT2D eigenvalue weighted by Gasteiger charge is -2.18. The minimum absolute atomic E-state index is 0. The Morgan fingerprint density at radius 2 is 1.59 bits per heavy atom. The fourth-order valence-corrected chi connectivity index (χ4v) is 2.65.